The molecule has 0 aromatic heterocycles. The Bertz CT molecular complexity index is 616. The van der Waals surface area contributed by atoms with Crippen LogP contribution in [0.15, 0.2) is 64.7 Å². The van der Waals surface area contributed by atoms with Gasteiger partial charge in [-0.3, -0.25) is 0 Å². The molecule has 2 aromatic rings. The zero-order valence-electron chi connectivity index (χ0n) is 12.4. The van der Waals surface area contributed by atoms with Gasteiger partial charge in [-0.2, -0.15) is 0 Å². The van der Waals surface area contributed by atoms with Crippen molar-refractivity contribution in [2.45, 2.75) is 20.8 Å². The summed E-state index contributed by atoms with van der Waals surface area (Å²) in [6.07, 6.45) is 0. The Labute approximate surface area is 137 Å². The summed E-state index contributed by atoms with van der Waals surface area (Å²) >= 11 is -3.10. The summed E-state index contributed by atoms with van der Waals surface area (Å²) in [4.78, 5) is 0. The van der Waals surface area contributed by atoms with Crippen LogP contribution in [0.4, 0.5) is 0 Å². The van der Waals surface area contributed by atoms with Crippen molar-refractivity contribution < 1.29 is 0 Å². The minimum absolute atomic E-state index is 0.122. The molecule has 0 fully saturated rings. The van der Waals surface area contributed by atoms with Crippen LogP contribution in [0.1, 0.15) is 26.3 Å². The fraction of sp³-hybridized carbons (Fsp3) is 0.235. The van der Waals surface area contributed by atoms with Gasteiger partial charge in [0, 0.05) is 0 Å². The third-order valence-corrected chi connectivity index (χ3v) is 8.18. The molecule has 21 heavy (non-hydrogen) atoms. The first-order valence-electron chi connectivity index (χ1n) is 6.74. The molecule has 0 N–H and O–H groups in total. The van der Waals surface area contributed by atoms with E-state index < -0.39 is 11.2 Å². The van der Waals surface area contributed by atoms with E-state index in [2.05, 4.69) is 32.9 Å². The Morgan fingerprint density at radius 2 is 1.33 bits per heavy atom. The Kier molecular flexibility index (Phi) is 5.16. The summed E-state index contributed by atoms with van der Waals surface area (Å²) in [5, 5.41) is 0. The Hall–Kier alpha value is -0.791. The molecule has 2 aromatic carbocycles. The summed E-state index contributed by atoms with van der Waals surface area (Å²) in [7, 11) is 13.3. The van der Waals surface area contributed by atoms with Gasteiger partial charge in [0.05, 0.1) is 0 Å². The first-order valence-corrected chi connectivity index (χ1v) is 12.9. The minimum atomic E-state index is -3.10. The van der Waals surface area contributed by atoms with Gasteiger partial charge >= 0.3 is 138 Å². The molecular weight excluding hydrogens is 368 g/mol. The molecule has 0 aliphatic carbocycles. The van der Waals surface area contributed by atoms with Gasteiger partial charge in [0.1, 0.15) is 0 Å². The predicted octanol–water partition coefficient (Wildman–Crippen LogP) is 4.85. The number of rotatable bonds is 3. The van der Waals surface area contributed by atoms with Gasteiger partial charge in [0.15, 0.2) is 0 Å². The second kappa shape index (κ2) is 6.54. The molecule has 1 nitrogen and oxygen atoms in total. The Balaban J connectivity index is 2.52. The van der Waals surface area contributed by atoms with Crippen LogP contribution in [-0.2, 0) is 0 Å². The molecule has 0 bridgehead atoms. The second-order valence-electron chi connectivity index (χ2n) is 5.81. The summed E-state index contributed by atoms with van der Waals surface area (Å²) in [5.74, 6) is 0. The molecular formula is C17H19Cl2NSe. The molecule has 0 radical (unpaired) electrons. The Morgan fingerprint density at radius 1 is 0.857 bits per heavy atom. The van der Waals surface area contributed by atoms with Crippen LogP contribution in [0.3, 0.4) is 0 Å². The first kappa shape index (κ1) is 16.6. The van der Waals surface area contributed by atoms with E-state index in [0.717, 1.165) is 15.7 Å². The van der Waals surface area contributed by atoms with Crippen molar-refractivity contribution in [3.8, 4) is 0 Å². The van der Waals surface area contributed by atoms with Crippen LogP contribution in [-0.4, -0.2) is 17.0 Å². The van der Waals surface area contributed by atoms with Gasteiger partial charge in [-0.05, 0) is 0 Å². The molecule has 0 heterocycles. The van der Waals surface area contributed by atoms with Crippen molar-refractivity contribution in [3.05, 3.63) is 66.2 Å². The monoisotopic (exact) mass is 387 g/mol. The third-order valence-electron chi connectivity index (χ3n) is 2.99. The molecule has 0 aliphatic heterocycles. The van der Waals surface area contributed by atoms with E-state index in [4.69, 9.17) is 24.2 Å². The summed E-state index contributed by atoms with van der Waals surface area (Å²) in [6, 6.07) is 19.9. The van der Waals surface area contributed by atoms with Crippen LogP contribution in [0.5, 0.6) is 0 Å². The normalized spacial score (nSPS) is 14.0. The van der Waals surface area contributed by atoms with Crippen molar-refractivity contribution in [1.82, 2.24) is 0 Å². The van der Waals surface area contributed by atoms with E-state index in [1.165, 1.54) is 0 Å². The molecule has 0 amide bonds. The molecule has 0 unspecified atom stereocenters. The van der Waals surface area contributed by atoms with Crippen LogP contribution in [0.25, 0.3) is 0 Å². The van der Waals surface area contributed by atoms with Crippen molar-refractivity contribution in [2.24, 2.45) is 9.42 Å². The van der Waals surface area contributed by atoms with E-state index in [1.54, 1.807) is 0 Å². The molecule has 0 aliphatic rings. The van der Waals surface area contributed by atoms with E-state index in [0.29, 0.717) is 0 Å². The predicted molar refractivity (Wildman–Crippen MR) is 96.0 cm³/mol. The topological polar surface area (TPSA) is 12.4 Å². The molecule has 0 saturated heterocycles. The van der Waals surface area contributed by atoms with Crippen molar-refractivity contribution in [2.75, 3.05) is 0 Å². The van der Waals surface area contributed by atoms with Crippen molar-refractivity contribution in [1.29, 1.82) is 0 Å². The Morgan fingerprint density at radius 3 is 1.81 bits per heavy atom. The van der Waals surface area contributed by atoms with Gasteiger partial charge in [0.2, 0.25) is 0 Å². The number of benzene rings is 2. The maximum atomic E-state index is 6.65. The number of halogens is 2. The molecule has 0 spiro atoms. The number of nitrogens with zero attached hydrogens (tertiary/aromatic N) is 1. The fourth-order valence-electron chi connectivity index (χ4n) is 1.97. The summed E-state index contributed by atoms with van der Waals surface area (Å²) in [6.45, 7) is 6.39. The van der Waals surface area contributed by atoms with E-state index in [-0.39, 0.29) is 5.41 Å². The fourth-order valence-corrected chi connectivity index (χ4v) is 6.27. The zero-order valence-corrected chi connectivity index (χ0v) is 15.6. The summed E-state index contributed by atoms with van der Waals surface area (Å²) < 4.78 is 5.75. The first-order chi connectivity index (χ1) is 9.81. The third kappa shape index (κ3) is 4.34. The average molecular weight is 387 g/mol. The van der Waals surface area contributed by atoms with Crippen molar-refractivity contribution >= 4 is 41.6 Å². The molecule has 0 saturated carbocycles. The molecule has 0 atom stereocenters. The average Bonchev–Trinajstić information content (AvgIpc) is 2.46. The second-order valence-corrected chi connectivity index (χ2v) is 14.5. The quantitative estimate of drug-likeness (QED) is 0.528. The van der Waals surface area contributed by atoms with Gasteiger partial charge < -0.3 is 0 Å². The van der Waals surface area contributed by atoms with Crippen LogP contribution < -0.4 is 4.46 Å². The van der Waals surface area contributed by atoms with Gasteiger partial charge in [-0.15, -0.1) is 0 Å². The SMILES string of the molecule is CC(C)(C)/C(=N/[Se](Cl)(Cl)c1ccccc1)c1ccccc1. The van der Waals surface area contributed by atoms with Gasteiger partial charge in [-0.1, -0.05) is 0 Å². The van der Waals surface area contributed by atoms with Crippen LogP contribution in [0.2, 0.25) is 0 Å². The zero-order chi connectivity index (χ0) is 15.5. The molecule has 2 rings (SSSR count). The van der Waals surface area contributed by atoms with Crippen molar-refractivity contribution in [3.63, 3.8) is 0 Å². The van der Waals surface area contributed by atoms with E-state index >= 15 is 0 Å². The summed E-state index contributed by atoms with van der Waals surface area (Å²) in [5.41, 5.74) is 1.91. The number of hydrogen-bond acceptors (Lipinski definition) is 1. The van der Waals surface area contributed by atoms with Crippen LogP contribution >= 0.6 is 20.2 Å². The molecule has 4 heteroatoms. The maximum absolute atomic E-state index is 6.65. The van der Waals surface area contributed by atoms with Gasteiger partial charge in [-0.25, -0.2) is 0 Å². The van der Waals surface area contributed by atoms with Crippen LogP contribution in [0, 0.1) is 5.41 Å². The van der Waals surface area contributed by atoms with E-state index in [9.17, 15) is 0 Å². The molecule has 112 valence electrons. The number of hydrogen-bond donors (Lipinski definition) is 0. The van der Waals surface area contributed by atoms with E-state index in [1.807, 2.05) is 48.5 Å². The van der Waals surface area contributed by atoms with Gasteiger partial charge in [0.25, 0.3) is 0 Å². The standard InChI is InChI=1S/C17H19Cl2NSe/c1-17(2,3)16(14-10-6-4-7-11-14)20-21(18,19)15-12-8-5-9-13-15/h4-13H,1-3H3/b20-16+.